The first-order valence-electron chi connectivity index (χ1n) is 9.71. The standard InChI is InChI=1S/C24H20N4O3S/c25-22-6-1-2-7-23(22)27-24(29)9-8-18-12-15-28(17-18)32(30,31)21-5-3-4-20(16-21)19-10-13-26-14-11-19/h1-17H,25H2,(H,27,29)/b9-8+. The number of pyridine rings is 1. The second-order valence-corrected chi connectivity index (χ2v) is 8.80. The molecule has 0 spiro atoms. The van der Waals surface area contributed by atoms with Gasteiger partial charge in [-0.2, -0.15) is 0 Å². The largest absolute Gasteiger partial charge is 0.397 e. The molecule has 0 aliphatic carbocycles. The molecule has 4 aromatic rings. The molecule has 0 aliphatic rings. The van der Waals surface area contributed by atoms with Crippen LogP contribution in [0.1, 0.15) is 5.56 Å². The summed E-state index contributed by atoms with van der Waals surface area (Å²) in [5, 5.41) is 2.68. The van der Waals surface area contributed by atoms with Crippen molar-refractivity contribution in [2.24, 2.45) is 0 Å². The lowest BCUT2D eigenvalue weighted by Gasteiger charge is -2.08. The van der Waals surface area contributed by atoms with Crippen LogP contribution in [0.3, 0.4) is 0 Å². The third-order valence-corrected chi connectivity index (χ3v) is 6.39. The number of para-hydroxylation sites is 2. The highest BCUT2D eigenvalue weighted by atomic mass is 32.2. The smallest absolute Gasteiger partial charge is 0.267 e. The zero-order valence-corrected chi connectivity index (χ0v) is 17.7. The molecule has 0 fully saturated rings. The van der Waals surface area contributed by atoms with Crippen molar-refractivity contribution in [3.05, 3.63) is 103 Å². The van der Waals surface area contributed by atoms with Crippen molar-refractivity contribution in [3.63, 3.8) is 0 Å². The molecule has 0 atom stereocenters. The van der Waals surface area contributed by atoms with Crippen LogP contribution in [0.25, 0.3) is 17.2 Å². The van der Waals surface area contributed by atoms with E-state index in [1.165, 1.54) is 24.5 Å². The molecule has 3 N–H and O–H groups in total. The van der Waals surface area contributed by atoms with Crippen LogP contribution >= 0.6 is 0 Å². The Hall–Kier alpha value is -4.17. The van der Waals surface area contributed by atoms with Crippen molar-refractivity contribution >= 4 is 33.4 Å². The number of nitrogens with two attached hydrogens (primary N) is 1. The van der Waals surface area contributed by atoms with Crippen LogP contribution in [0.15, 0.2) is 102 Å². The third kappa shape index (κ3) is 4.60. The second-order valence-electron chi connectivity index (χ2n) is 6.95. The van der Waals surface area contributed by atoms with Gasteiger partial charge in [-0.1, -0.05) is 24.3 Å². The Balaban J connectivity index is 1.52. The van der Waals surface area contributed by atoms with Gasteiger partial charge >= 0.3 is 0 Å². The van der Waals surface area contributed by atoms with E-state index in [2.05, 4.69) is 10.3 Å². The zero-order valence-electron chi connectivity index (χ0n) is 16.9. The summed E-state index contributed by atoms with van der Waals surface area (Å²) in [6, 6.07) is 18.9. The number of anilines is 2. The van der Waals surface area contributed by atoms with Crippen LogP contribution in [-0.4, -0.2) is 23.3 Å². The Morgan fingerprint density at radius 2 is 1.75 bits per heavy atom. The Bertz CT molecular complexity index is 1390. The maximum Gasteiger partial charge on any atom is 0.267 e. The van der Waals surface area contributed by atoms with Gasteiger partial charge in [0.05, 0.1) is 16.3 Å². The van der Waals surface area contributed by atoms with E-state index in [4.69, 9.17) is 5.73 Å². The summed E-state index contributed by atoms with van der Waals surface area (Å²) in [4.78, 5) is 16.3. The quantitative estimate of drug-likeness (QED) is 0.345. The molecule has 8 heteroatoms. The number of aromatic nitrogens is 2. The first-order chi connectivity index (χ1) is 15.4. The third-order valence-electron chi connectivity index (χ3n) is 4.76. The van der Waals surface area contributed by atoms with Gasteiger partial charge in [-0.3, -0.25) is 9.78 Å². The number of rotatable bonds is 6. The van der Waals surface area contributed by atoms with Crippen molar-refractivity contribution in [2.75, 3.05) is 11.1 Å². The summed E-state index contributed by atoms with van der Waals surface area (Å²) >= 11 is 0. The van der Waals surface area contributed by atoms with Crippen LogP contribution in [0.5, 0.6) is 0 Å². The molecule has 0 bridgehead atoms. The molecule has 2 aromatic carbocycles. The number of hydrogen-bond acceptors (Lipinski definition) is 5. The molecule has 2 aromatic heterocycles. The molecule has 160 valence electrons. The fraction of sp³-hybridized carbons (Fsp3) is 0. The number of nitrogens with one attached hydrogen (secondary N) is 1. The van der Waals surface area contributed by atoms with Crippen LogP contribution in [0.2, 0.25) is 0 Å². The number of amides is 1. The summed E-state index contributed by atoms with van der Waals surface area (Å²) in [6.45, 7) is 0. The van der Waals surface area contributed by atoms with Crippen molar-refractivity contribution in [1.82, 2.24) is 8.96 Å². The SMILES string of the molecule is Nc1ccccc1NC(=O)/C=C/c1ccn(S(=O)(=O)c2cccc(-c3ccncc3)c2)c1. The Labute approximate surface area is 185 Å². The molecular formula is C24H20N4O3S. The minimum absolute atomic E-state index is 0.162. The van der Waals surface area contributed by atoms with Gasteiger partial charge in [-0.15, -0.1) is 0 Å². The lowest BCUT2D eigenvalue weighted by atomic mass is 10.1. The maximum absolute atomic E-state index is 13.1. The van der Waals surface area contributed by atoms with Crippen LogP contribution in [0, 0.1) is 0 Å². The van der Waals surface area contributed by atoms with Gasteiger partial charge in [0, 0.05) is 30.9 Å². The van der Waals surface area contributed by atoms with Crippen molar-refractivity contribution in [2.45, 2.75) is 4.90 Å². The zero-order chi connectivity index (χ0) is 22.6. The number of carbonyl (C=O) groups excluding carboxylic acids is 1. The van der Waals surface area contributed by atoms with Gasteiger partial charge in [-0.25, -0.2) is 12.4 Å². The van der Waals surface area contributed by atoms with E-state index in [9.17, 15) is 13.2 Å². The van der Waals surface area contributed by atoms with Gasteiger partial charge in [-0.05, 0) is 65.2 Å². The molecular weight excluding hydrogens is 424 g/mol. The Kier molecular flexibility index (Phi) is 5.87. The number of carbonyl (C=O) groups is 1. The lowest BCUT2D eigenvalue weighted by molar-refractivity contribution is -0.111. The number of nitrogens with zero attached hydrogens (tertiary/aromatic N) is 2. The first kappa shape index (κ1) is 21.1. The van der Waals surface area contributed by atoms with Crippen LogP contribution in [0.4, 0.5) is 11.4 Å². The minimum atomic E-state index is -3.79. The second kappa shape index (κ2) is 8.91. The maximum atomic E-state index is 13.1. The summed E-state index contributed by atoms with van der Waals surface area (Å²) in [7, 11) is -3.79. The average Bonchev–Trinajstić information content (AvgIpc) is 3.30. The molecule has 32 heavy (non-hydrogen) atoms. The molecule has 0 saturated heterocycles. The van der Waals surface area contributed by atoms with E-state index in [1.807, 2.05) is 18.2 Å². The normalized spacial score (nSPS) is 11.5. The Morgan fingerprint density at radius 3 is 2.53 bits per heavy atom. The predicted molar refractivity (Wildman–Crippen MR) is 125 cm³/mol. The number of benzene rings is 2. The van der Waals surface area contributed by atoms with Crippen molar-refractivity contribution in [3.8, 4) is 11.1 Å². The van der Waals surface area contributed by atoms with Crippen molar-refractivity contribution in [1.29, 1.82) is 0 Å². The van der Waals surface area contributed by atoms with E-state index in [0.29, 0.717) is 16.9 Å². The van der Waals surface area contributed by atoms with Crippen LogP contribution in [-0.2, 0) is 14.8 Å². The molecule has 4 rings (SSSR count). The van der Waals surface area contributed by atoms with E-state index in [-0.39, 0.29) is 10.8 Å². The van der Waals surface area contributed by atoms with Gasteiger partial charge in [0.15, 0.2) is 0 Å². The number of nitrogen functional groups attached to an aromatic ring is 1. The van der Waals surface area contributed by atoms with E-state index < -0.39 is 10.0 Å². The summed E-state index contributed by atoms with van der Waals surface area (Å²) in [5.41, 5.74) is 9.00. The molecule has 0 saturated carbocycles. The molecule has 0 unspecified atom stereocenters. The summed E-state index contributed by atoms with van der Waals surface area (Å²) in [5.74, 6) is -0.372. The van der Waals surface area contributed by atoms with E-state index >= 15 is 0 Å². The van der Waals surface area contributed by atoms with Crippen molar-refractivity contribution < 1.29 is 13.2 Å². The topological polar surface area (TPSA) is 107 Å². The summed E-state index contributed by atoms with van der Waals surface area (Å²) < 4.78 is 27.3. The van der Waals surface area contributed by atoms with Gasteiger partial charge in [0.2, 0.25) is 5.91 Å². The van der Waals surface area contributed by atoms with Gasteiger partial charge in [0.1, 0.15) is 0 Å². The first-order valence-corrected chi connectivity index (χ1v) is 11.1. The minimum Gasteiger partial charge on any atom is -0.397 e. The monoisotopic (exact) mass is 444 g/mol. The average molecular weight is 445 g/mol. The summed E-state index contributed by atoms with van der Waals surface area (Å²) in [6.07, 6.45) is 9.07. The highest BCUT2D eigenvalue weighted by Gasteiger charge is 2.17. The highest BCUT2D eigenvalue weighted by Crippen LogP contribution is 2.24. The van der Waals surface area contributed by atoms with Gasteiger partial charge in [0.25, 0.3) is 10.0 Å². The Morgan fingerprint density at radius 1 is 0.969 bits per heavy atom. The predicted octanol–water partition coefficient (Wildman–Crippen LogP) is 4.02. The molecule has 0 radical (unpaired) electrons. The van der Waals surface area contributed by atoms with E-state index in [1.54, 1.807) is 60.9 Å². The highest BCUT2D eigenvalue weighted by molar-refractivity contribution is 7.90. The van der Waals surface area contributed by atoms with E-state index in [0.717, 1.165) is 15.1 Å². The fourth-order valence-corrected chi connectivity index (χ4v) is 4.35. The van der Waals surface area contributed by atoms with Crippen LogP contribution < -0.4 is 11.1 Å². The molecule has 1 amide bonds. The van der Waals surface area contributed by atoms with Gasteiger partial charge < -0.3 is 11.1 Å². The number of hydrogen-bond donors (Lipinski definition) is 2. The molecule has 7 nitrogen and oxygen atoms in total. The lowest BCUT2D eigenvalue weighted by Crippen LogP contribution is -2.11. The molecule has 0 aliphatic heterocycles. The molecule has 2 heterocycles. The fourth-order valence-electron chi connectivity index (χ4n) is 3.10.